The van der Waals surface area contributed by atoms with Gasteiger partial charge in [0.15, 0.2) is 0 Å². The van der Waals surface area contributed by atoms with E-state index in [1.165, 1.54) is 38.8 Å². The predicted molar refractivity (Wildman–Crippen MR) is 129 cm³/mol. The topological polar surface area (TPSA) is 9.23 Å². The smallest absolute Gasteiger partial charge is 0.327 e. The molecule has 3 aromatic carbocycles. The van der Waals surface area contributed by atoms with E-state index in [-0.39, 0.29) is 23.3 Å². The van der Waals surface area contributed by atoms with Crippen LogP contribution in [0.25, 0.3) is 22.3 Å². The Kier molecular flexibility index (Phi) is 4.15. The van der Waals surface area contributed by atoms with E-state index in [2.05, 4.69) is 108 Å². The molecule has 2 heteroatoms. The van der Waals surface area contributed by atoms with Crippen LogP contribution in [0.1, 0.15) is 52.7 Å². The summed E-state index contributed by atoms with van der Waals surface area (Å²) in [5.74, 6) is 0. The Morgan fingerprint density at radius 3 is 2.13 bits per heavy atom. The highest BCUT2D eigenvalue weighted by Crippen LogP contribution is 2.49. The quantitative estimate of drug-likeness (QED) is 0.440. The summed E-state index contributed by atoms with van der Waals surface area (Å²) in [6, 6.07) is 24.8. The lowest BCUT2D eigenvalue weighted by molar-refractivity contribution is 0.0375. The number of hydrogen-bond donors (Lipinski definition) is 0. The maximum atomic E-state index is 6.49. The Morgan fingerprint density at radius 1 is 0.700 bits per heavy atom. The monoisotopic (exact) mass is 394 g/mol. The van der Waals surface area contributed by atoms with E-state index in [0.29, 0.717) is 0 Å². The summed E-state index contributed by atoms with van der Waals surface area (Å²) in [4.78, 5) is 0. The van der Waals surface area contributed by atoms with Gasteiger partial charge < -0.3 is 4.65 Å². The molecular weight excluding hydrogens is 363 g/mol. The fourth-order valence-corrected chi connectivity index (χ4v) is 5.27. The van der Waals surface area contributed by atoms with Gasteiger partial charge in [-0.25, -0.2) is 0 Å². The van der Waals surface area contributed by atoms with Crippen molar-refractivity contribution in [2.45, 2.75) is 58.9 Å². The van der Waals surface area contributed by atoms with Crippen molar-refractivity contribution in [1.82, 2.24) is 0 Å². The molecule has 30 heavy (non-hydrogen) atoms. The van der Waals surface area contributed by atoms with Crippen molar-refractivity contribution >= 4 is 12.4 Å². The molecule has 0 aromatic heterocycles. The van der Waals surface area contributed by atoms with Crippen LogP contribution in [0.15, 0.2) is 66.7 Å². The van der Waals surface area contributed by atoms with E-state index in [1.54, 1.807) is 0 Å². The van der Waals surface area contributed by atoms with Crippen LogP contribution in [-0.2, 0) is 10.1 Å². The highest BCUT2D eigenvalue weighted by molar-refractivity contribution is 6.68. The fourth-order valence-electron chi connectivity index (χ4n) is 5.27. The lowest BCUT2D eigenvalue weighted by Crippen LogP contribution is -2.36. The van der Waals surface area contributed by atoms with Gasteiger partial charge >= 0.3 is 6.92 Å². The molecular formula is C28H31BO. The van der Waals surface area contributed by atoms with E-state index < -0.39 is 0 Å². The van der Waals surface area contributed by atoms with Gasteiger partial charge in [0, 0.05) is 5.41 Å². The number of benzene rings is 3. The minimum absolute atomic E-state index is 0.0567. The molecule has 152 valence electrons. The number of rotatable bonds is 2. The fraction of sp³-hybridized carbons (Fsp3) is 0.357. The SMILES string of the molecule is CC1(C)c2ccccc2-c2cc(-c3cccc(B4CC(C)(C)C(C)(C)O4)c3)ccc21. The van der Waals surface area contributed by atoms with E-state index >= 15 is 0 Å². The third-order valence-electron chi connectivity index (χ3n) is 7.94. The van der Waals surface area contributed by atoms with E-state index in [0.717, 1.165) is 6.32 Å². The van der Waals surface area contributed by atoms with Gasteiger partial charge in [0.2, 0.25) is 0 Å². The first-order valence-electron chi connectivity index (χ1n) is 11.1. The summed E-state index contributed by atoms with van der Waals surface area (Å²) < 4.78 is 6.49. The van der Waals surface area contributed by atoms with Crippen LogP contribution in [0.5, 0.6) is 0 Å². The second-order valence-electron chi connectivity index (χ2n) is 10.8. The molecule has 2 aliphatic rings. The van der Waals surface area contributed by atoms with Gasteiger partial charge in [0.1, 0.15) is 0 Å². The minimum Gasteiger partial charge on any atom is -0.426 e. The van der Waals surface area contributed by atoms with Crippen molar-refractivity contribution < 1.29 is 4.65 Å². The molecule has 0 amide bonds. The van der Waals surface area contributed by atoms with Crippen LogP contribution >= 0.6 is 0 Å². The van der Waals surface area contributed by atoms with Crippen LogP contribution in [0.3, 0.4) is 0 Å². The summed E-state index contributed by atoms with van der Waals surface area (Å²) in [7, 11) is 0. The van der Waals surface area contributed by atoms with Crippen molar-refractivity contribution in [3.63, 3.8) is 0 Å². The highest BCUT2D eigenvalue weighted by Gasteiger charge is 2.49. The lowest BCUT2D eigenvalue weighted by atomic mass is 9.54. The van der Waals surface area contributed by atoms with Crippen molar-refractivity contribution in [1.29, 1.82) is 0 Å². The Hall–Kier alpha value is -2.32. The van der Waals surface area contributed by atoms with Gasteiger partial charge in [-0.05, 0) is 70.5 Å². The molecule has 1 saturated heterocycles. The maximum absolute atomic E-state index is 6.49. The van der Waals surface area contributed by atoms with Gasteiger partial charge in [-0.15, -0.1) is 0 Å². The first kappa shape index (κ1) is 19.6. The predicted octanol–water partition coefficient (Wildman–Crippen LogP) is 6.69. The average molecular weight is 394 g/mol. The molecule has 0 N–H and O–H groups in total. The molecule has 5 rings (SSSR count). The van der Waals surface area contributed by atoms with Gasteiger partial charge in [-0.3, -0.25) is 0 Å². The minimum atomic E-state index is -0.115. The first-order valence-corrected chi connectivity index (χ1v) is 11.1. The van der Waals surface area contributed by atoms with Gasteiger partial charge in [0.05, 0.1) is 5.60 Å². The average Bonchev–Trinajstić information content (AvgIpc) is 3.08. The highest BCUT2D eigenvalue weighted by atomic mass is 16.5. The zero-order valence-corrected chi connectivity index (χ0v) is 19.0. The molecule has 0 radical (unpaired) electrons. The van der Waals surface area contributed by atoms with Crippen LogP contribution in [0, 0.1) is 5.41 Å². The second-order valence-corrected chi connectivity index (χ2v) is 10.8. The Morgan fingerprint density at radius 2 is 1.40 bits per heavy atom. The molecule has 0 bridgehead atoms. The largest absolute Gasteiger partial charge is 0.426 e. The maximum Gasteiger partial charge on any atom is 0.327 e. The third-order valence-corrected chi connectivity index (χ3v) is 7.94. The molecule has 1 aliphatic carbocycles. The van der Waals surface area contributed by atoms with Crippen LogP contribution in [-0.4, -0.2) is 12.5 Å². The number of hydrogen-bond acceptors (Lipinski definition) is 1. The lowest BCUT2D eigenvalue weighted by Gasteiger charge is -2.34. The Bertz CT molecular complexity index is 1120. The molecule has 0 atom stereocenters. The van der Waals surface area contributed by atoms with Gasteiger partial charge in [-0.1, -0.05) is 88.4 Å². The van der Waals surface area contributed by atoms with Crippen molar-refractivity contribution in [2.24, 2.45) is 5.41 Å². The molecule has 0 saturated carbocycles. The second kappa shape index (κ2) is 6.34. The van der Waals surface area contributed by atoms with Gasteiger partial charge in [0.25, 0.3) is 0 Å². The summed E-state index contributed by atoms with van der Waals surface area (Å²) in [5, 5.41) is 0. The summed E-state index contributed by atoms with van der Waals surface area (Å²) in [6.07, 6.45) is 1.05. The van der Waals surface area contributed by atoms with E-state index in [1.807, 2.05) is 0 Å². The molecule has 0 unspecified atom stereocenters. The molecule has 1 nitrogen and oxygen atoms in total. The Balaban J connectivity index is 1.55. The summed E-state index contributed by atoms with van der Waals surface area (Å²) in [6.45, 7) is 13.9. The van der Waals surface area contributed by atoms with Crippen molar-refractivity contribution in [3.05, 3.63) is 77.9 Å². The van der Waals surface area contributed by atoms with Crippen LogP contribution in [0.2, 0.25) is 6.32 Å². The Labute approximate surface area is 181 Å². The zero-order valence-electron chi connectivity index (χ0n) is 19.0. The van der Waals surface area contributed by atoms with Gasteiger partial charge in [-0.2, -0.15) is 0 Å². The normalized spacial score (nSPS) is 20.1. The molecule has 3 aromatic rings. The number of fused-ring (bicyclic) bond motifs is 3. The van der Waals surface area contributed by atoms with Crippen LogP contribution < -0.4 is 5.46 Å². The summed E-state index contributed by atoms with van der Waals surface area (Å²) >= 11 is 0. The summed E-state index contributed by atoms with van der Waals surface area (Å²) in [5.41, 5.74) is 9.53. The zero-order chi connectivity index (χ0) is 21.3. The molecule has 1 heterocycles. The van der Waals surface area contributed by atoms with E-state index in [4.69, 9.17) is 4.65 Å². The molecule has 1 fully saturated rings. The van der Waals surface area contributed by atoms with Crippen LogP contribution in [0.4, 0.5) is 0 Å². The molecule has 0 spiro atoms. The van der Waals surface area contributed by atoms with Crippen molar-refractivity contribution in [2.75, 3.05) is 0 Å². The van der Waals surface area contributed by atoms with E-state index in [9.17, 15) is 0 Å². The molecule has 1 aliphatic heterocycles. The first-order chi connectivity index (χ1) is 14.1. The third kappa shape index (κ3) is 2.81. The standard InChI is InChI=1S/C28H31BO/c1-26(2)18-29(30-28(26,5)6)21-11-9-10-19(16-21)20-14-15-25-23(17-20)22-12-7-8-13-24(22)27(25,3)4/h7-17H,18H2,1-6H3. The van der Waals surface area contributed by atoms with Crippen molar-refractivity contribution in [3.8, 4) is 22.3 Å².